The van der Waals surface area contributed by atoms with Crippen molar-refractivity contribution >= 4 is 5.78 Å². The summed E-state index contributed by atoms with van der Waals surface area (Å²) < 4.78 is 0. The van der Waals surface area contributed by atoms with Crippen LogP contribution in [0, 0.1) is 5.92 Å². The van der Waals surface area contributed by atoms with Crippen LogP contribution in [0.15, 0.2) is 43.0 Å². The topological polar surface area (TPSA) is 20.3 Å². The zero-order chi connectivity index (χ0) is 13.1. The van der Waals surface area contributed by atoms with E-state index in [9.17, 15) is 4.79 Å². The number of benzene rings is 1. The van der Waals surface area contributed by atoms with Gasteiger partial charge in [-0.2, -0.15) is 0 Å². The average Bonchev–Trinajstić information content (AvgIpc) is 2.67. The van der Waals surface area contributed by atoms with Crippen molar-refractivity contribution in [3.8, 4) is 0 Å². The summed E-state index contributed by atoms with van der Waals surface area (Å²) in [5.74, 6) is 0.766. The molecule has 0 amide bonds. The summed E-state index contributed by atoms with van der Waals surface area (Å²) in [7, 11) is 0. The van der Waals surface area contributed by atoms with E-state index in [1.807, 2.05) is 24.3 Å². The molecule has 1 aliphatic rings. The first kappa shape index (κ1) is 13.0. The molecule has 0 radical (unpaired) electrons. The van der Waals surface area contributed by atoms with Gasteiger partial charge in [-0.25, -0.2) is 0 Å². The Hall–Kier alpha value is -1.41. The third-order valence-electron chi connectivity index (χ3n) is 3.88. The van der Waals surface area contributed by atoms with Crippen LogP contribution in [0.5, 0.6) is 0 Å². The maximum atomic E-state index is 11.8. The van der Waals surface area contributed by atoms with E-state index in [0.717, 1.165) is 13.0 Å². The molecule has 3 atom stereocenters. The molecule has 0 bridgehead atoms. The zero-order valence-electron chi connectivity index (χ0n) is 11.2. The highest BCUT2D eigenvalue weighted by atomic mass is 16.1. The van der Waals surface area contributed by atoms with Crippen molar-refractivity contribution in [1.29, 1.82) is 0 Å². The van der Waals surface area contributed by atoms with Gasteiger partial charge >= 0.3 is 0 Å². The van der Waals surface area contributed by atoms with Crippen LogP contribution in [-0.2, 0) is 11.3 Å². The summed E-state index contributed by atoms with van der Waals surface area (Å²) in [6.45, 7) is 8.65. The van der Waals surface area contributed by atoms with Crippen LogP contribution in [0.1, 0.15) is 25.8 Å². The molecular weight excluding hydrogens is 222 g/mol. The van der Waals surface area contributed by atoms with Gasteiger partial charge in [0.15, 0.2) is 0 Å². The molecule has 0 aliphatic carbocycles. The molecule has 0 spiro atoms. The number of rotatable bonds is 4. The Morgan fingerprint density at radius 1 is 1.44 bits per heavy atom. The highest BCUT2D eigenvalue weighted by Crippen LogP contribution is 2.32. The van der Waals surface area contributed by atoms with Gasteiger partial charge in [-0.15, -0.1) is 6.58 Å². The Morgan fingerprint density at radius 2 is 2.11 bits per heavy atom. The van der Waals surface area contributed by atoms with Crippen LogP contribution in [0.4, 0.5) is 0 Å². The maximum absolute atomic E-state index is 11.8. The Labute approximate surface area is 109 Å². The lowest BCUT2D eigenvalue weighted by atomic mass is 10.0. The van der Waals surface area contributed by atoms with Crippen LogP contribution in [0.2, 0.25) is 0 Å². The molecule has 0 aromatic heterocycles. The second-order valence-electron chi connectivity index (χ2n) is 5.22. The summed E-state index contributed by atoms with van der Waals surface area (Å²) in [4.78, 5) is 14.1. The molecule has 0 unspecified atom stereocenters. The van der Waals surface area contributed by atoms with Crippen molar-refractivity contribution in [2.75, 3.05) is 0 Å². The van der Waals surface area contributed by atoms with Crippen LogP contribution >= 0.6 is 0 Å². The number of carbonyl (C=O) groups excluding carboxylic acids is 1. The minimum atomic E-state index is 0.0446. The standard InChI is InChI=1S/C16H21NO/c1-4-15-12(2)10-16(13(3)18)17(15)11-14-8-6-5-7-9-14/h4-9,12,15-16H,1,10-11H2,2-3H3/t12-,15+,16-/m1/s1. The Kier molecular flexibility index (Phi) is 3.97. The van der Waals surface area contributed by atoms with Gasteiger partial charge in [0.2, 0.25) is 0 Å². The molecule has 18 heavy (non-hydrogen) atoms. The largest absolute Gasteiger partial charge is 0.298 e. The summed E-state index contributed by atoms with van der Waals surface area (Å²) >= 11 is 0. The van der Waals surface area contributed by atoms with E-state index in [1.54, 1.807) is 6.92 Å². The fraction of sp³-hybridized carbons (Fsp3) is 0.438. The molecule has 1 heterocycles. The first-order valence-corrected chi connectivity index (χ1v) is 6.56. The zero-order valence-corrected chi connectivity index (χ0v) is 11.2. The van der Waals surface area contributed by atoms with Gasteiger partial charge in [0, 0.05) is 12.6 Å². The molecule has 1 aromatic rings. The molecule has 1 aromatic carbocycles. The number of hydrogen-bond acceptors (Lipinski definition) is 2. The number of Topliss-reactive ketones (excluding diaryl/α,β-unsaturated/α-hetero) is 1. The molecule has 2 nitrogen and oxygen atoms in total. The van der Waals surface area contributed by atoms with Crippen molar-refractivity contribution in [1.82, 2.24) is 4.90 Å². The molecule has 2 heteroatoms. The predicted octanol–water partition coefficient (Wildman–Crippen LogP) is 3.04. The molecule has 1 fully saturated rings. The SMILES string of the molecule is C=C[C@H]1[C@H](C)C[C@H](C(C)=O)N1Cc1ccccc1. The van der Waals surface area contributed by atoms with E-state index in [4.69, 9.17) is 0 Å². The lowest BCUT2D eigenvalue weighted by molar-refractivity contribution is -0.121. The predicted molar refractivity (Wildman–Crippen MR) is 74.2 cm³/mol. The van der Waals surface area contributed by atoms with Crippen LogP contribution in [0.3, 0.4) is 0 Å². The summed E-state index contributed by atoms with van der Waals surface area (Å²) in [6.07, 6.45) is 2.93. The molecular formula is C16H21NO. The summed E-state index contributed by atoms with van der Waals surface area (Å²) in [5.41, 5.74) is 1.25. The van der Waals surface area contributed by atoms with Gasteiger partial charge < -0.3 is 0 Å². The molecule has 1 saturated heterocycles. The minimum absolute atomic E-state index is 0.0446. The smallest absolute Gasteiger partial charge is 0.146 e. The lowest BCUT2D eigenvalue weighted by Gasteiger charge is -2.28. The number of likely N-dealkylation sites (tertiary alicyclic amines) is 1. The summed E-state index contributed by atoms with van der Waals surface area (Å²) in [6, 6.07) is 10.7. The van der Waals surface area contributed by atoms with Gasteiger partial charge in [-0.3, -0.25) is 9.69 Å². The van der Waals surface area contributed by atoms with Crippen molar-refractivity contribution in [3.05, 3.63) is 48.6 Å². The maximum Gasteiger partial charge on any atom is 0.146 e. The number of hydrogen-bond donors (Lipinski definition) is 0. The normalized spacial score (nSPS) is 28.2. The van der Waals surface area contributed by atoms with Crippen LogP contribution in [0.25, 0.3) is 0 Å². The molecule has 0 N–H and O–H groups in total. The molecule has 2 rings (SSSR count). The second-order valence-corrected chi connectivity index (χ2v) is 5.22. The van der Waals surface area contributed by atoms with E-state index in [-0.39, 0.29) is 11.8 Å². The Morgan fingerprint density at radius 3 is 2.67 bits per heavy atom. The monoisotopic (exact) mass is 243 g/mol. The van der Waals surface area contributed by atoms with Crippen molar-refractivity contribution in [2.24, 2.45) is 5.92 Å². The quantitative estimate of drug-likeness (QED) is 0.758. The number of nitrogens with zero attached hydrogens (tertiary/aromatic N) is 1. The van der Waals surface area contributed by atoms with Crippen LogP contribution < -0.4 is 0 Å². The van der Waals surface area contributed by atoms with Gasteiger partial charge in [0.05, 0.1) is 6.04 Å². The first-order valence-electron chi connectivity index (χ1n) is 6.56. The average molecular weight is 243 g/mol. The number of ketones is 1. The van der Waals surface area contributed by atoms with Gasteiger partial charge in [-0.05, 0) is 24.8 Å². The minimum Gasteiger partial charge on any atom is -0.298 e. The Balaban J connectivity index is 2.21. The first-order chi connectivity index (χ1) is 8.63. The molecule has 0 saturated carbocycles. The van der Waals surface area contributed by atoms with Crippen molar-refractivity contribution < 1.29 is 4.79 Å². The summed E-state index contributed by atoms with van der Waals surface area (Å²) in [5, 5.41) is 0. The van der Waals surface area contributed by atoms with Crippen molar-refractivity contribution in [3.63, 3.8) is 0 Å². The second kappa shape index (κ2) is 5.49. The molecule has 1 aliphatic heterocycles. The number of carbonyl (C=O) groups is 1. The van der Waals surface area contributed by atoms with Gasteiger partial charge in [-0.1, -0.05) is 43.3 Å². The third kappa shape index (κ3) is 2.54. The Bertz CT molecular complexity index is 426. The van der Waals surface area contributed by atoms with Crippen molar-refractivity contribution in [2.45, 2.75) is 38.9 Å². The van der Waals surface area contributed by atoms with E-state index < -0.39 is 0 Å². The highest BCUT2D eigenvalue weighted by molar-refractivity contribution is 5.82. The fourth-order valence-corrected chi connectivity index (χ4v) is 2.94. The van der Waals surface area contributed by atoms with E-state index in [0.29, 0.717) is 12.0 Å². The van der Waals surface area contributed by atoms with Gasteiger partial charge in [0.1, 0.15) is 5.78 Å². The third-order valence-corrected chi connectivity index (χ3v) is 3.88. The lowest BCUT2D eigenvalue weighted by Crippen LogP contribution is -2.39. The van der Waals surface area contributed by atoms with E-state index in [1.165, 1.54) is 5.56 Å². The van der Waals surface area contributed by atoms with E-state index in [2.05, 4.69) is 30.5 Å². The fourth-order valence-electron chi connectivity index (χ4n) is 2.94. The van der Waals surface area contributed by atoms with Crippen LogP contribution in [-0.4, -0.2) is 22.8 Å². The van der Waals surface area contributed by atoms with E-state index >= 15 is 0 Å². The molecule has 96 valence electrons. The van der Waals surface area contributed by atoms with Gasteiger partial charge in [0.25, 0.3) is 0 Å². The highest BCUT2D eigenvalue weighted by Gasteiger charge is 2.39.